The molecule has 0 fully saturated rings. The molecule has 27 heavy (non-hydrogen) atoms. The standard InChI is InChI=1S/C20H18FNO4S/c1-14-4-10-17(11-5-14)27(24,25)19(18-3-2-12-26-18)13-22-20(23)15-6-8-16(21)9-7-15/h2-12,19H,13H2,1H3,(H,22,23)/t19-/m1/s1. The van der Waals surface area contributed by atoms with E-state index in [-0.39, 0.29) is 22.8 Å². The molecule has 0 aliphatic rings. The lowest BCUT2D eigenvalue weighted by Gasteiger charge is -2.17. The lowest BCUT2D eigenvalue weighted by molar-refractivity contribution is 0.0953. The first-order valence-corrected chi connectivity index (χ1v) is 9.80. The van der Waals surface area contributed by atoms with Crippen LogP contribution in [0.25, 0.3) is 0 Å². The molecule has 3 aromatic rings. The van der Waals surface area contributed by atoms with Crippen LogP contribution in [-0.2, 0) is 9.84 Å². The largest absolute Gasteiger partial charge is 0.468 e. The van der Waals surface area contributed by atoms with Crippen molar-refractivity contribution < 1.29 is 22.0 Å². The van der Waals surface area contributed by atoms with Crippen LogP contribution in [-0.4, -0.2) is 20.9 Å². The fraction of sp³-hybridized carbons (Fsp3) is 0.150. The number of amides is 1. The van der Waals surface area contributed by atoms with Gasteiger partial charge in [-0.1, -0.05) is 17.7 Å². The molecule has 0 bridgehead atoms. The molecule has 0 saturated heterocycles. The van der Waals surface area contributed by atoms with E-state index in [1.54, 1.807) is 24.3 Å². The predicted octanol–water partition coefficient (Wildman–Crippen LogP) is 3.67. The highest BCUT2D eigenvalue weighted by atomic mass is 32.2. The highest BCUT2D eigenvalue weighted by Crippen LogP contribution is 2.29. The number of hydrogen-bond acceptors (Lipinski definition) is 4. The van der Waals surface area contributed by atoms with Crippen LogP contribution in [0.4, 0.5) is 4.39 Å². The Balaban J connectivity index is 1.85. The van der Waals surface area contributed by atoms with Crippen LogP contribution in [0.2, 0.25) is 0 Å². The second-order valence-electron chi connectivity index (χ2n) is 6.08. The summed E-state index contributed by atoms with van der Waals surface area (Å²) in [5.74, 6) is -0.720. The van der Waals surface area contributed by atoms with Gasteiger partial charge in [0.1, 0.15) is 16.8 Å². The van der Waals surface area contributed by atoms with Crippen LogP contribution in [0.3, 0.4) is 0 Å². The summed E-state index contributed by atoms with van der Waals surface area (Å²) in [6.07, 6.45) is 1.38. The molecule has 7 heteroatoms. The lowest BCUT2D eigenvalue weighted by Crippen LogP contribution is -2.31. The Hall–Kier alpha value is -2.93. The molecule has 0 radical (unpaired) electrons. The summed E-state index contributed by atoms with van der Waals surface area (Å²) in [5.41, 5.74) is 1.18. The molecule has 5 nitrogen and oxygen atoms in total. The van der Waals surface area contributed by atoms with Crippen molar-refractivity contribution in [3.05, 3.63) is 89.6 Å². The monoisotopic (exact) mass is 387 g/mol. The number of halogens is 1. The Kier molecular flexibility index (Phi) is 5.41. The molecule has 0 aliphatic carbocycles. The summed E-state index contributed by atoms with van der Waals surface area (Å²) in [5, 5.41) is 1.51. The Morgan fingerprint density at radius 1 is 1.07 bits per heavy atom. The third-order valence-electron chi connectivity index (χ3n) is 4.14. The van der Waals surface area contributed by atoms with Crippen molar-refractivity contribution in [1.82, 2.24) is 5.32 Å². The van der Waals surface area contributed by atoms with Gasteiger partial charge >= 0.3 is 0 Å². The number of aryl methyl sites for hydroxylation is 1. The highest BCUT2D eigenvalue weighted by molar-refractivity contribution is 7.91. The maximum absolute atomic E-state index is 13.1. The first-order chi connectivity index (χ1) is 12.9. The average molecular weight is 387 g/mol. The summed E-state index contributed by atoms with van der Waals surface area (Å²) in [7, 11) is -3.79. The Morgan fingerprint density at radius 2 is 1.74 bits per heavy atom. The molecule has 1 aromatic heterocycles. The quantitative estimate of drug-likeness (QED) is 0.700. The molecular formula is C20H18FNO4S. The van der Waals surface area contributed by atoms with E-state index in [9.17, 15) is 17.6 Å². The zero-order chi connectivity index (χ0) is 19.4. The van der Waals surface area contributed by atoms with Gasteiger partial charge in [-0.3, -0.25) is 4.79 Å². The minimum Gasteiger partial charge on any atom is -0.468 e. The lowest BCUT2D eigenvalue weighted by atomic mass is 10.2. The maximum atomic E-state index is 13.1. The van der Waals surface area contributed by atoms with Crippen LogP contribution in [0.1, 0.15) is 26.9 Å². The molecule has 1 N–H and O–H groups in total. The van der Waals surface area contributed by atoms with Gasteiger partial charge in [-0.2, -0.15) is 0 Å². The van der Waals surface area contributed by atoms with Crippen molar-refractivity contribution >= 4 is 15.7 Å². The molecule has 1 atom stereocenters. The maximum Gasteiger partial charge on any atom is 0.251 e. The average Bonchev–Trinajstić information content (AvgIpc) is 3.16. The number of nitrogens with one attached hydrogen (secondary N) is 1. The van der Waals surface area contributed by atoms with E-state index in [1.165, 1.54) is 42.7 Å². The molecular weight excluding hydrogens is 369 g/mol. The fourth-order valence-electron chi connectivity index (χ4n) is 2.62. The van der Waals surface area contributed by atoms with Gasteiger partial charge in [0.05, 0.1) is 11.2 Å². The van der Waals surface area contributed by atoms with E-state index < -0.39 is 26.8 Å². The number of furan rings is 1. The van der Waals surface area contributed by atoms with Gasteiger partial charge < -0.3 is 9.73 Å². The summed E-state index contributed by atoms with van der Waals surface area (Å²) in [6.45, 7) is 1.68. The number of carbonyl (C=O) groups is 1. The minimum absolute atomic E-state index is 0.144. The second-order valence-corrected chi connectivity index (χ2v) is 8.21. The summed E-state index contributed by atoms with van der Waals surface area (Å²) < 4.78 is 44.4. The molecule has 0 aliphatic heterocycles. The molecule has 2 aromatic carbocycles. The van der Waals surface area contributed by atoms with Crippen molar-refractivity contribution in [2.45, 2.75) is 17.1 Å². The molecule has 0 unspecified atom stereocenters. The Bertz CT molecular complexity index is 1010. The summed E-state index contributed by atoms with van der Waals surface area (Å²) in [4.78, 5) is 12.4. The second kappa shape index (κ2) is 7.75. The first kappa shape index (κ1) is 18.8. The van der Waals surface area contributed by atoms with Crippen LogP contribution >= 0.6 is 0 Å². The topological polar surface area (TPSA) is 76.4 Å². The normalized spacial score (nSPS) is 12.5. The minimum atomic E-state index is -3.79. The molecule has 1 amide bonds. The zero-order valence-corrected chi connectivity index (χ0v) is 15.4. The fourth-order valence-corrected chi connectivity index (χ4v) is 4.21. The Labute approximate surface area is 156 Å². The smallest absolute Gasteiger partial charge is 0.251 e. The van der Waals surface area contributed by atoms with E-state index in [4.69, 9.17) is 4.42 Å². The highest BCUT2D eigenvalue weighted by Gasteiger charge is 2.31. The SMILES string of the molecule is Cc1ccc(S(=O)(=O)[C@H](CNC(=O)c2ccc(F)cc2)c2ccco2)cc1. The van der Waals surface area contributed by atoms with E-state index >= 15 is 0 Å². The third kappa shape index (κ3) is 4.25. The van der Waals surface area contributed by atoms with Crippen LogP contribution in [0.15, 0.2) is 76.2 Å². The van der Waals surface area contributed by atoms with Crippen LogP contribution < -0.4 is 5.32 Å². The van der Waals surface area contributed by atoms with E-state index in [0.717, 1.165) is 5.56 Å². The molecule has 3 rings (SSSR count). The number of carbonyl (C=O) groups excluding carboxylic acids is 1. The number of rotatable bonds is 6. The third-order valence-corrected chi connectivity index (χ3v) is 6.22. The van der Waals surface area contributed by atoms with Crippen molar-refractivity contribution in [2.24, 2.45) is 0 Å². The van der Waals surface area contributed by atoms with Gasteiger partial charge in [0.25, 0.3) is 5.91 Å². The van der Waals surface area contributed by atoms with Gasteiger partial charge in [-0.25, -0.2) is 12.8 Å². The van der Waals surface area contributed by atoms with Crippen molar-refractivity contribution in [3.8, 4) is 0 Å². The first-order valence-electron chi connectivity index (χ1n) is 8.25. The number of sulfone groups is 1. The number of hydrogen-bond donors (Lipinski definition) is 1. The van der Waals surface area contributed by atoms with Crippen LogP contribution in [0, 0.1) is 12.7 Å². The molecule has 0 saturated carbocycles. The van der Waals surface area contributed by atoms with Crippen molar-refractivity contribution in [1.29, 1.82) is 0 Å². The van der Waals surface area contributed by atoms with Gasteiger partial charge in [0.2, 0.25) is 0 Å². The molecule has 1 heterocycles. The van der Waals surface area contributed by atoms with E-state index in [1.807, 2.05) is 6.92 Å². The number of benzene rings is 2. The summed E-state index contributed by atoms with van der Waals surface area (Å²) >= 11 is 0. The van der Waals surface area contributed by atoms with Crippen molar-refractivity contribution in [3.63, 3.8) is 0 Å². The van der Waals surface area contributed by atoms with E-state index in [0.29, 0.717) is 0 Å². The van der Waals surface area contributed by atoms with E-state index in [2.05, 4.69) is 5.32 Å². The Morgan fingerprint density at radius 3 is 2.33 bits per heavy atom. The van der Waals surface area contributed by atoms with Gasteiger partial charge in [-0.15, -0.1) is 0 Å². The van der Waals surface area contributed by atoms with Crippen LogP contribution in [0.5, 0.6) is 0 Å². The summed E-state index contributed by atoms with van der Waals surface area (Å²) in [6, 6.07) is 14.6. The molecule has 140 valence electrons. The zero-order valence-electron chi connectivity index (χ0n) is 14.6. The molecule has 0 spiro atoms. The van der Waals surface area contributed by atoms with Gasteiger partial charge in [-0.05, 0) is 55.5 Å². The van der Waals surface area contributed by atoms with Gasteiger partial charge in [0, 0.05) is 12.1 Å². The van der Waals surface area contributed by atoms with Crippen molar-refractivity contribution in [2.75, 3.05) is 6.54 Å². The van der Waals surface area contributed by atoms with Gasteiger partial charge in [0.15, 0.2) is 9.84 Å². The predicted molar refractivity (Wildman–Crippen MR) is 98.5 cm³/mol.